The summed E-state index contributed by atoms with van der Waals surface area (Å²) in [5, 5.41) is 4.79. The van der Waals surface area contributed by atoms with Crippen LogP contribution in [0.15, 0.2) is 73.1 Å². The van der Waals surface area contributed by atoms with Crippen molar-refractivity contribution in [3.8, 4) is 0 Å². The molecule has 0 saturated heterocycles. The Hall–Kier alpha value is -3.11. The molecule has 4 heteroatoms. The van der Waals surface area contributed by atoms with Crippen molar-refractivity contribution in [2.45, 2.75) is 32.8 Å². The molecule has 0 aliphatic carbocycles. The number of ether oxygens (including phenoxy) is 1. The van der Waals surface area contributed by atoms with Gasteiger partial charge in [0.25, 0.3) is 0 Å². The molecule has 29 heavy (non-hydrogen) atoms. The van der Waals surface area contributed by atoms with E-state index in [9.17, 15) is 0 Å². The van der Waals surface area contributed by atoms with Crippen LogP contribution < -0.4 is 5.32 Å². The van der Waals surface area contributed by atoms with Crippen molar-refractivity contribution in [2.24, 2.45) is 0 Å². The minimum Gasteiger partial charge on any atom is -0.375 e. The number of rotatable bonds is 9. The fourth-order valence-corrected chi connectivity index (χ4v) is 3.58. The summed E-state index contributed by atoms with van der Waals surface area (Å²) in [5.41, 5.74) is 7.03. The summed E-state index contributed by atoms with van der Waals surface area (Å²) in [6.45, 7) is 3.23. The Labute approximate surface area is 172 Å². The van der Waals surface area contributed by atoms with Crippen LogP contribution in [0.4, 0.5) is 11.4 Å². The van der Waals surface area contributed by atoms with Crippen molar-refractivity contribution in [3.05, 3.63) is 89.9 Å². The molecule has 0 fully saturated rings. The van der Waals surface area contributed by atoms with Crippen molar-refractivity contribution >= 4 is 22.3 Å². The molecule has 2 aromatic carbocycles. The lowest BCUT2D eigenvalue weighted by atomic mass is 10.0. The average molecular weight is 386 g/mol. The van der Waals surface area contributed by atoms with Crippen molar-refractivity contribution in [1.29, 1.82) is 0 Å². The predicted octanol–water partition coefficient (Wildman–Crippen LogP) is 6.02. The topological polar surface area (TPSA) is 49.9 Å². The van der Waals surface area contributed by atoms with Crippen molar-refractivity contribution < 1.29 is 4.74 Å². The number of fused-ring (bicyclic) bond motifs is 1. The zero-order valence-corrected chi connectivity index (χ0v) is 16.8. The number of benzene rings is 2. The van der Waals surface area contributed by atoms with Gasteiger partial charge in [0.1, 0.15) is 0 Å². The summed E-state index contributed by atoms with van der Waals surface area (Å²) in [4.78, 5) is 7.70. The molecule has 4 rings (SSSR count). The van der Waals surface area contributed by atoms with Crippen LogP contribution in [0.2, 0.25) is 0 Å². The van der Waals surface area contributed by atoms with Crippen LogP contribution in [0.25, 0.3) is 10.9 Å². The number of aromatic amines is 1. The lowest BCUT2D eigenvalue weighted by Crippen LogP contribution is -1.97. The number of H-pyrrole nitrogens is 1. The maximum Gasteiger partial charge on any atom is 0.0888 e. The first-order chi connectivity index (χ1) is 14.3. The third-order valence-electron chi connectivity index (χ3n) is 5.10. The number of para-hydroxylation sites is 1. The molecule has 2 N–H and O–H groups in total. The van der Waals surface area contributed by atoms with Crippen LogP contribution in [0, 0.1) is 0 Å². The molecule has 0 aliphatic heterocycles. The molecule has 0 aliphatic rings. The third-order valence-corrected chi connectivity index (χ3v) is 5.10. The van der Waals surface area contributed by atoms with Gasteiger partial charge in [-0.1, -0.05) is 30.3 Å². The molecule has 2 heterocycles. The normalized spacial score (nSPS) is 11.1. The van der Waals surface area contributed by atoms with Gasteiger partial charge in [0.2, 0.25) is 0 Å². The number of pyridine rings is 1. The Morgan fingerprint density at radius 2 is 1.83 bits per heavy atom. The number of aromatic nitrogens is 2. The molecule has 0 atom stereocenters. The maximum absolute atomic E-state index is 5.44. The van der Waals surface area contributed by atoms with Crippen LogP contribution in [-0.4, -0.2) is 16.6 Å². The van der Waals surface area contributed by atoms with Crippen LogP contribution in [0.5, 0.6) is 0 Å². The first-order valence-corrected chi connectivity index (χ1v) is 10.3. The van der Waals surface area contributed by atoms with Crippen molar-refractivity contribution in [2.75, 3.05) is 11.9 Å². The highest BCUT2D eigenvalue weighted by atomic mass is 16.5. The van der Waals surface area contributed by atoms with E-state index in [0.29, 0.717) is 13.2 Å². The van der Waals surface area contributed by atoms with Crippen LogP contribution >= 0.6 is 0 Å². The smallest absolute Gasteiger partial charge is 0.0888 e. The van der Waals surface area contributed by atoms with E-state index in [1.54, 1.807) is 0 Å². The first-order valence-electron chi connectivity index (χ1n) is 10.3. The van der Waals surface area contributed by atoms with E-state index in [0.717, 1.165) is 36.3 Å². The molecule has 0 saturated carbocycles. The lowest BCUT2D eigenvalue weighted by Gasteiger charge is -2.09. The van der Waals surface area contributed by atoms with E-state index in [1.807, 2.05) is 25.3 Å². The minimum absolute atomic E-state index is 0.543. The van der Waals surface area contributed by atoms with E-state index in [4.69, 9.17) is 4.74 Å². The van der Waals surface area contributed by atoms with E-state index in [2.05, 4.69) is 70.0 Å². The molecule has 0 amide bonds. The quantitative estimate of drug-likeness (QED) is 0.370. The molecule has 2 aromatic heterocycles. The summed E-state index contributed by atoms with van der Waals surface area (Å²) in [6.07, 6.45) is 7.26. The fraction of sp³-hybridized carbons (Fsp3) is 0.240. The van der Waals surface area contributed by atoms with E-state index in [-0.39, 0.29) is 0 Å². The van der Waals surface area contributed by atoms with Crippen molar-refractivity contribution in [1.82, 2.24) is 9.97 Å². The highest BCUT2D eigenvalue weighted by molar-refractivity contribution is 5.83. The second kappa shape index (κ2) is 9.39. The summed E-state index contributed by atoms with van der Waals surface area (Å²) < 4.78 is 5.44. The summed E-state index contributed by atoms with van der Waals surface area (Å²) in [7, 11) is 0. The highest BCUT2D eigenvalue weighted by Gasteiger charge is 2.03. The summed E-state index contributed by atoms with van der Waals surface area (Å²) in [6, 6.07) is 21.2. The molecule has 4 aromatic rings. The van der Waals surface area contributed by atoms with E-state index >= 15 is 0 Å². The number of hydrogen-bond acceptors (Lipinski definition) is 3. The van der Waals surface area contributed by atoms with E-state index in [1.165, 1.54) is 22.0 Å². The Kier molecular flexibility index (Phi) is 6.22. The average Bonchev–Trinajstić information content (AvgIpc) is 3.17. The first kappa shape index (κ1) is 19.2. The number of aryl methyl sites for hydroxylation is 2. The lowest BCUT2D eigenvalue weighted by molar-refractivity contribution is 0.131. The maximum atomic E-state index is 5.44. The Bertz CT molecular complexity index is 1050. The van der Waals surface area contributed by atoms with Gasteiger partial charge >= 0.3 is 0 Å². The molecule has 148 valence electrons. The van der Waals surface area contributed by atoms with Gasteiger partial charge < -0.3 is 15.0 Å². The minimum atomic E-state index is 0.543. The van der Waals surface area contributed by atoms with Gasteiger partial charge in [-0.05, 0) is 67.6 Å². The SMILES string of the molecule is CCOCc1cc(Nc2ccc(CCCc3c[nH]c4ccccc34)cc2)ccn1. The Morgan fingerprint density at radius 3 is 2.69 bits per heavy atom. The zero-order chi connectivity index (χ0) is 19.9. The fourth-order valence-electron chi connectivity index (χ4n) is 3.58. The monoisotopic (exact) mass is 385 g/mol. The molecular formula is C25H27N3O. The Balaban J connectivity index is 1.31. The van der Waals surface area contributed by atoms with Gasteiger partial charge in [-0.15, -0.1) is 0 Å². The van der Waals surface area contributed by atoms with Gasteiger partial charge in [-0.3, -0.25) is 4.98 Å². The largest absolute Gasteiger partial charge is 0.375 e. The molecule has 0 bridgehead atoms. The summed E-state index contributed by atoms with van der Waals surface area (Å²) >= 11 is 0. The summed E-state index contributed by atoms with van der Waals surface area (Å²) in [5.74, 6) is 0. The highest BCUT2D eigenvalue weighted by Crippen LogP contribution is 2.21. The molecule has 0 radical (unpaired) electrons. The second-order valence-corrected chi connectivity index (χ2v) is 7.21. The van der Waals surface area contributed by atoms with Gasteiger partial charge in [-0.2, -0.15) is 0 Å². The second-order valence-electron chi connectivity index (χ2n) is 7.21. The Morgan fingerprint density at radius 1 is 0.966 bits per heavy atom. The predicted molar refractivity (Wildman–Crippen MR) is 120 cm³/mol. The van der Waals surface area contributed by atoms with Gasteiger partial charge in [0, 0.05) is 41.3 Å². The number of nitrogens with one attached hydrogen (secondary N) is 2. The van der Waals surface area contributed by atoms with Crippen molar-refractivity contribution in [3.63, 3.8) is 0 Å². The number of nitrogens with zero attached hydrogens (tertiary/aromatic N) is 1. The molecule has 0 unspecified atom stereocenters. The standard InChI is InChI=1S/C25H27N3O/c1-2-29-18-23-16-22(14-15-26-23)28-21-12-10-19(11-13-21)6-5-7-20-17-27-25-9-4-3-8-24(20)25/h3-4,8-17,27H,2,5-7,18H2,1H3,(H,26,28). The van der Waals surface area contributed by atoms with Gasteiger partial charge in [0.05, 0.1) is 12.3 Å². The van der Waals surface area contributed by atoms with E-state index < -0.39 is 0 Å². The number of hydrogen-bond donors (Lipinski definition) is 2. The van der Waals surface area contributed by atoms with Crippen LogP contribution in [-0.2, 0) is 24.2 Å². The molecule has 0 spiro atoms. The third kappa shape index (κ3) is 5.04. The van der Waals surface area contributed by atoms with Crippen LogP contribution in [0.3, 0.4) is 0 Å². The van der Waals surface area contributed by atoms with Gasteiger partial charge in [-0.25, -0.2) is 0 Å². The zero-order valence-electron chi connectivity index (χ0n) is 16.8. The molecule has 4 nitrogen and oxygen atoms in total. The number of anilines is 2. The molecular weight excluding hydrogens is 358 g/mol. The van der Waals surface area contributed by atoms with Crippen LogP contribution in [0.1, 0.15) is 30.2 Å². The van der Waals surface area contributed by atoms with Gasteiger partial charge in [0.15, 0.2) is 0 Å².